The molecule has 0 aliphatic carbocycles. The van der Waals surface area contributed by atoms with Crippen LogP contribution in [-0.2, 0) is 17.1 Å². The van der Waals surface area contributed by atoms with Crippen molar-refractivity contribution in [1.82, 2.24) is 0 Å². The molecule has 2 heteroatoms. The van der Waals surface area contributed by atoms with Crippen LogP contribution in [-0.4, -0.2) is 18.9 Å². The Balaban J connectivity index is -0.0000000160. The predicted molar refractivity (Wildman–Crippen MR) is 36.9 cm³/mol. The first-order valence-electron chi connectivity index (χ1n) is 1.63. The number of hydrogen-bond acceptors (Lipinski definition) is 0. The molecule has 0 spiro atoms. The third-order valence-corrected chi connectivity index (χ3v) is 0. The third-order valence-electron chi connectivity index (χ3n) is 0. The Bertz CT molecular complexity index is 29.5. The summed E-state index contributed by atoms with van der Waals surface area (Å²) in [6.07, 6.45) is 3.00. The smallest absolute Gasteiger partial charge is 0.245 e. The predicted octanol–water partition coefficient (Wildman–Crippen LogP) is 1.63. The first kappa shape index (κ1) is 23.9. The van der Waals surface area contributed by atoms with Crippen molar-refractivity contribution in [2.24, 2.45) is 0 Å². The van der Waals surface area contributed by atoms with Gasteiger partial charge in [-0.05, 0) is 0 Å². The van der Waals surface area contributed by atoms with Gasteiger partial charge in [0, 0.05) is 18.9 Å². The molecule has 0 heterocycles. The average molecular weight is 153 g/mol. The maximum atomic E-state index is 3.25. The summed E-state index contributed by atoms with van der Waals surface area (Å²) in [7, 11) is 0. The molecule has 0 saturated heterocycles. The van der Waals surface area contributed by atoms with E-state index >= 15 is 0 Å². The largest absolute Gasteiger partial charge is 2.00 e. The zero-order valence-electron chi connectivity index (χ0n) is 5.28. The summed E-state index contributed by atoms with van der Waals surface area (Å²) < 4.78 is 0. The van der Waals surface area contributed by atoms with Crippen molar-refractivity contribution < 1.29 is 17.1 Å². The van der Waals surface area contributed by atoms with Gasteiger partial charge in [-0.2, -0.15) is 0 Å². The summed E-state index contributed by atoms with van der Waals surface area (Å²) in [5.74, 6) is 0. The van der Waals surface area contributed by atoms with Gasteiger partial charge < -0.3 is 0 Å². The molecule has 0 amide bonds. The molecule has 0 aromatic carbocycles. The fourth-order valence-electron chi connectivity index (χ4n) is 0. The van der Waals surface area contributed by atoms with Crippen LogP contribution in [0.25, 0.3) is 0 Å². The van der Waals surface area contributed by atoms with E-state index in [1.807, 2.05) is 0 Å². The van der Waals surface area contributed by atoms with E-state index < -0.39 is 0 Å². The first-order chi connectivity index (χ1) is 2.83. The van der Waals surface area contributed by atoms with Crippen LogP contribution in [0, 0.1) is 13.8 Å². The minimum Gasteiger partial charge on any atom is -0.245 e. The molecular formula is C6H10CuLi. The summed E-state index contributed by atoms with van der Waals surface area (Å²) in [5, 5.41) is 0. The van der Waals surface area contributed by atoms with Gasteiger partial charge in [0.15, 0.2) is 0 Å². The fourth-order valence-corrected chi connectivity index (χ4v) is 0. The Morgan fingerprint density at radius 3 is 1.00 bits per heavy atom. The van der Waals surface area contributed by atoms with Crippen molar-refractivity contribution >= 4 is 18.9 Å². The van der Waals surface area contributed by atoms with Gasteiger partial charge in [0.2, 0.25) is 0 Å². The van der Waals surface area contributed by atoms with Gasteiger partial charge in [-0.3, -0.25) is 0 Å². The molecule has 46 valence electrons. The van der Waals surface area contributed by atoms with Crippen molar-refractivity contribution in [3.05, 3.63) is 39.2 Å². The van der Waals surface area contributed by atoms with Gasteiger partial charge in [0.1, 0.15) is 0 Å². The molecule has 0 N–H and O–H groups in total. The molecule has 0 aliphatic heterocycles. The summed E-state index contributed by atoms with van der Waals surface area (Å²) >= 11 is 0. The van der Waals surface area contributed by atoms with E-state index in [0.717, 1.165) is 0 Å². The summed E-state index contributed by atoms with van der Waals surface area (Å²) in [4.78, 5) is 0. The van der Waals surface area contributed by atoms with Crippen LogP contribution in [0.3, 0.4) is 0 Å². The first-order valence-corrected chi connectivity index (χ1v) is 1.63. The SMILES string of the molecule is C=C[CH2-].C=C[CH2-].[Cu+2].[Li]. The van der Waals surface area contributed by atoms with Gasteiger partial charge in [-0.15, -0.1) is 0 Å². The Morgan fingerprint density at radius 2 is 1.00 bits per heavy atom. The summed E-state index contributed by atoms with van der Waals surface area (Å²) in [6, 6.07) is 0. The van der Waals surface area contributed by atoms with Gasteiger partial charge in [0.25, 0.3) is 0 Å². The molecule has 8 heavy (non-hydrogen) atoms. The van der Waals surface area contributed by atoms with Crippen LogP contribution in [0.2, 0.25) is 0 Å². The second kappa shape index (κ2) is 53.9. The molecule has 0 saturated carbocycles. The maximum Gasteiger partial charge on any atom is 2.00 e. The third kappa shape index (κ3) is 1590. The molecule has 0 aromatic rings. The van der Waals surface area contributed by atoms with Crippen molar-refractivity contribution in [1.29, 1.82) is 0 Å². The molecule has 0 atom stereocenters. The maximum absolute atomic E-state index is 3.25. The number of allylic oxidation sites excluding steroid dienone is 2. The quantitative estimate of drug-likeness (QED) is 0.366. The molecule has 0 unspecified atom stereocenters. The number of hydrogen-bond donors (Lipinski definition) is 0. The average Bonchev–Trinajstić information content (AvgIpc) is 1.39. The van der Waals surface area contributed by atoms with E-state index in [0.29, 0.717) is 0 Å². The topological polar surface area (TPSA) is 0 Å². The van der Waals surface area contributed by atoms with Gasteiger partial charge in [-0.25, -0.2) is 39.2 Å². The minimum atomic E-state index is 0. The summed E-state index contributed by atoms with van der Waals surface area (Å²) in [6.45, 7) is 13.0. The van der Waals surface area contributed by atoms with E-state index in [1.54, 1.807) is 0 Å². The van der Waals surface area contributed by atoms with E-state index in [9.17, 15) is 0 Å². The zero-order chi connectivity index (χ0) is 5.41. The molecule has 0 nitrogen and oxygen atoms in total. The van der Waals surface area contributed by atoms with Crippen LogP contribution >= 0.6 is 0 Å². The van der Waals surface area contributed by atoms with Crippen molar-refractivity contribution in [2.75, 3.05) is 0 Å². The van der Waals surface area contributed by atoms with Crippen molar-refractivity contribution in [3.8, 4) is 0 Å². The van der Waals surface area contributed by atoms with Gasteiger partial charge in [0.05, 0.1) is 0 Å². The Kier molecular flexibility index (Phi) is 161. The Labute approximate surface area is 75.1 Å². The molecule has 0 bridgehead atoms. The normalized spacial score (nSPS) is 3.00. The van der Waals surface area contributed by atoms with Crippen molar-refractivity contribution in [3.63, 3.8) is 0 Å². The molecule has 0 fully saturated rings. The van der Waals surface area contributed by atoms with E-state index in [2.05, 4.69) is 27.0 Å². The fraction of sp³-hybridized carbons (Fsp3) is 0. The second-order valence-corrected chi connectivity index (χ2v) is 0.577. The van der Waals surface area contributed by atoms with Crippen LogP contribution in [0.1, 0.15) is 0 Å². The Morgan fingerprint density at radius 1 is 1.00 bits per heavy atom. The standard InChI is InChI=1S/2C3H5.Cu.Li/c2*1-3-2;;/h2*3H,1-2H2;;/q2*-1;+2;. The number of rotatable bonds is 0. The van der Waals surface area contributed by atoms with Crippen LogP contribution in [0.4, 0.5) is 0 Å². The molecular weight excluding hydrogens is 143 g/mol. The minimum absolute atomic E-state index is 0. The Hall–Kier alpha value is 0.337. The van der Waals surface area contributed by atoms with E-state index in [1.165, 1.54) is 12.2 Å². The molecule has 2 radical (unpaired) electrons. The summed E-state index contributed by atoms with van der Waals surface area (Å²) in [5.41, 5.74) is 0. The van der Waals surface area contributed by atoms with E-state index in [-0.39, 0.29) is 35.9 Å². The molecule has 0 rings (SSSR count). The van der Waals surface area contributed by atoms with Crippen molar-refractivity contribution in [2.45, 2.75) is 0 Å². The van der Waals surface area contributed by atoms with Crippen LogP contribution in [0.5, 0.6) is 0 Å². The van der Waals surface area contributed by atoms with Gasteiger partial charge >= 0.3 is 17.1 Å². The van der Waals surface area contributed by atoms with Gasteiger partial charge in [-0.1, -0.05) is 0 Å². The molecule has 0 aliphatic rings. The van der Waals surface area contributed by atoms with Crippen LogP contribution in [0.15, 0.2) is 25.3 Å². The zero-order valence-corrected chi connectivity index (χ0v) is 6.23. The second-order valence-electron chi connectivity index (χ2n) is 0.577. The van der Waals surface area contributed by atoms with Crippen LogP contribution < -0.4 is 0 Å². The molecule has 0 aromatic heterocycles. The monoisotopic (exact) mass is 152 g/mol. The van der Waals surface area contributed by atoms with E-state index in [4.69, 9.17) is 0 Å².